The Hall–Kier alpha value is -2.32. The Labute approximate surface area is 318 Å². The van der Waals surface area contributed by atoms with Gasteiger partial charge < -0.3 is 28.8 Å². The summed E-state index contributed by atoms with van der Waals surface area (Å²) in [5.74, 6) is -0.229. The summed E-state index contributed by atoms with van der Waals surface area (Å²) in [5.41, 5.74) is 0. The van der Waals surface area contributed by atoms with Crippen LogP contribution in [0.5, 0.6) is 0 Å². The van der Waals surface area contributed by atoms with Crippen molar-refractivity contribution >= 4 is 13.7 Å². The number of rotatable bonds is 34. The number of quaternary nitrogens is 1. The molecule has 0 aliphatic rings. The molecule has 2 N–H and O–H groups in total. The van der Waals surface area contributed by atoms with Crippen molar-refractivity contribution in [2.75, 3.05) is 40.9 Å². The van der Waals surface area contributed by atoms with Gasteiger partial charge in [-0.3, -0.25) is 9.36 Å². The molecule has 0 saturated carbocycles. The van der Waals surface area contributed by atoms with Crippen molar-refractivity contribution in [2.24, 2.45) is 0 Å². The molecule has 1 amide bonds. The zero-order valence-corrected chi connectivity index (χ0v) is 34.4. The fourth-order valence-corrected chi connectivity index (χ4v) is 5.73. The lowest BCUT2D eigenvalue weighted by atomic mass is 10.1. The summed E-state index contributed by atoms with van der Waals surface area (Å²) in [6, 6.07) is -0.916. The number of phosphoric acid groups is 1. The number of hydrogen-bond donors (Lipinski definition) is 2. The van der Waals surface area contributed by atoms with E-state index in [0.717, 1.165) is 83.5 Å². The second kappa shape index (κ2) is 34.4. The van der Waals surface area contributed by atoms with Gasteiger partial charge in [0.1, 0.15) is 13.2 Å². The van der Waals surface area contributed by atoms with Crippen molar-refractivity contribution in [3.8, 4) is 0 Å². The van der Waals surface area contributed by atoms with Crippen molar-refractivity contribution in [1.29, 1.82) is 0 Å². The standard InChI is InChI=1S/C43H75N2O6P/c1-6-8-10-12-14-16-17-18-19-20-21-22-23-24-25-26-27-29-31-33-35-37-43(47)44-41(40-51-52(48,49)50-39-38-45(3,4)5)42(46)36-34-32-30-28-15-13-11-9-7-2/h7-10,14-16,18-19,21-22,28,34,36,41-42,46H,6,11-13,17,20,23-27,29-33,35,37-40H2,1-5H3,(H-,44,47,48,49)/b9-7+,10-8-,16-14-,19-18-,22-21-,28-15+,36-34+. The molecule has 52 heavy (non-hydrogen) atoms. The Morgan fingerprint density at radius 2 is 1.21 bits per heavy atom. The number of hydrogen-bond acceptors (Lipinski definition) is 6. The smallest absolute Gasteiger partial charge is 0.268 e. The summed E-state index contributed by atoms with van der Waals surface area (Å²) < 4.78 is 23.0. The number of carbonyl (C=O) groups excluding carboxylic acids is 1. The number of nitrogens with one attached hydrogen (secondary N) is 1. The molecule has 0 fully saturated rings. The van der Waals surface area contributed by atoms with Gasteiger partial charge in [-0.05, 0) is 77.6 Å². The normalized spacial score (nSPS) is 15.4. The van der Waals surface area contributed by atoms with E-state index < -0.39 is 26.6 Å². The average molecular weight is 747 g/mol. The van der Waals surface area contributed by atoms with E-state index in [1.807, 2.05) is 40.2 Å². The monoisotopic (exact) mass is 747 g/mol. The first-order chi connectivity index (χ1) is 25.0. The molecule has 298 valence electrons. The molecule has 0 aromatic rings. The lowest BCUT2D eigenvalue weighted by Crippen LogP contribution is -2.45. The maximum absolute atomic E-state index is 12.8. The largest absolute Gasteiger partial charge is 0.756 e. The van der Waals surface area contributed by atoms with E-state index in [0.29, 0.717) is 17.4 Å². The van der Waals surface area contributed by atoms with Gasteiger partial charge in [-0.25, -0.2) is 0 Å². The zero-order valence-electron chi connectivity index (χ0n) is 33.5. The van der Waals surface area contributed by atoms with Crippen molar-refractivity contribution in [1.82, 2.24) is 5.32 Å². The topological polar surface area (TPSA) is 108 Å². The lowest BCUT2D eigenvalue weighted by Gasteiger charge is -2.29. The first-order valence-electron chi connectivity index (χ1n) is 19.9. The molecular formula is C43H75N2O6P. The van der Waals surface area contributed by atoms with Gasteiger partial charge in [0.15, 0.2) is 0 Å². The minimum atomic E-state index is -4.60. The second-order valence-corrected chi connectivity index (χ2v) is 15.7. The van der Waals surface area contributed by atoms with Crippen LogP contribution in [0, 0.1) is 0 Å². The zero-order chi connectivity index (χ0) is 38.6. The summed E-state index contributed by atoms with van der Waals surface area (Å²) >= 11 is 0. The highest BCUT2D eigenvalue weighted by Gasteiger charge is 2.23. The number of aliphatic hydroxyl groups excluding tert-OH is 1. The quantitative estimate of drug-likeness (QED) is 0.0294. The van der Waals surface area contributed by atoms with Crippen LogP contribution in [0.1, 0.15) is 129 Å². The first-order valence-corrected chi connectivity index (χ1v) is 21.4. The molecule has 0 aromatic heterocycles. The van der Waals surface area contributed by atoms with Crippen LogP contribution < -0.4 is 10.2 Å². The van der Waals surface area contributed by atoms with E-state index in [2.05, 4.69) is 79.1 Å². The van der Waals surface area contributed by atoms with Crippen LogP contribution in [0.3, 0.4) is 0 Å². The summed E-state index contributed by atoms with van der Waals surface area (Å²) in [7, 11) is 1.21. The molecule has 0 rings (SSSR count). The van der Waals surface area contributed by atoms with Crippen molar-refractivity contribution in [2.45, 2.75) is 142 Å². The maximum Gasteiger partial charge on any atom is 0.268 e. The van der Waals surface area contributed by atoms with Gasteiger partial charge in [-0.2, -0.15) is 0 Å². The van der Waals surface area contributed by atoms with Gasteiger partial charge >= 0.3 is 0 Å². The van der Waals surface area contributed by atoms with Crippen LogP contribution in [-0.4, -0.2) is 68.5 Å². The minimum absolute atomic E-state index is 0.0158. The number of carbonyl (C=O) groups is 1. The molecule has 0 radical (unpaired) electrons. The molecule has 3 unspecified atom stereocenters. The molecule has 0 bridgehead atoms. The van der Waals surface area contributed by atoms with E-state index >= 15 is 0 Å². The molecule has 0 heterocycles. The first kappa shape index (κ1) is 49.7. The van der Waals surface area contributed by atoms with Crippen LogP contribution in [0.2, 0.25) is 0 Å². The molecule has 3 atom stereocenters. The summed E-state index contributed by atoms with van der Waals surface area (Å²) in [6.45, 7) is 4.22. The third-order valence-corrected chi connectivity index (χ3v) is 9.13. The van der Waals surface area contributed by atoms with Crippen LogP contribution >= 0.6 is 7.82 Å². The van der Waals surface area contributed by atoms with Crippen molar-refractivity contribution in [3.63, 3.8) is 0 Å². The predicted molar refractivity (Wildman–Crippen MR) is 219 cm³/mol. The Morgan fingerprint density at radius 3 is 1.79 bits per heavy atom. The number of amides is 1. The Bertz CT molecular complexity index is 1120. The maximum atomic E-state index is 12.8. The highest BCUT2D eigenvalue weighted by Crippen LogP contribution is 2.38. The summed E-state index contributed by atoms with van der Waals surface area (Å²) in [6.07, 6.45) is 46.5. The molecule has 0 aliphatic heterocycles. The van der Waals surface area contributed by atoms with Gasteiger partial charge in [0, 0.05) is 6.42 Å². The lowest BCUT2D eigenvalue weighted by molar-refractivity contribution is -0.870. The van der Waals surface area contributed by atoms with Gasteiger partial charge in [-0.15, -0.1) is 0 Å². The number of nitrogens with zero attached hydrogens (tertiary/aromatic N) is 1. The van der Waals surface area contributed by atoms with E-state index in [9.17, 15) is 19.4 Å². The van der Waals surface area contributed by atoms with Crippen LogP contribution in [-0.2, 0) is 18.4 Å². The van der Waals surface area contributed by atoms with E-state index in [1.165, 1.54) is 25.7 Å². The third kappa shape index (κ3) is 36.1. The molecular weight excluding hydrogens is 671 g/mol. The van der Waals surface area contributed by atoms with Crippen molar-refractivity contribution < 1.29 is 32.9 Å². The summed E-state index contributed by atoms with van der Waals surface area (Å²) in [4.78, 5) is 25.2. The number of allylic oxidation sites excluding steroid dienone is 13. The summed E-state index contributed by atoms with van der Waals surface area (Å²) in [5, 5.41) is 13.6. The minimum Gasteiger partial charge on any atom is -0.756 e. The Morgan fingerprint density at radius 1 is 0.712 bits per heavy atom. The van der Waals surface area contributed by atoms with Crippen LogP contribution in [0.25, 0.3) is 0 Å². The Balaban J connectivity index is 4.40. The number of aliphatic hydroxyl groups is 1. The molecule has 8 nitrogen and oxygen atoms in total. The number of unbranched alkanes of at least 4 members (excludes halogenated alkanes) is 10. The molecule has 0 aliphatic carbocycles. The molecule has 0 aromatic carbocycles. The van der Waals surface area contributed by atoms with E-state index in [1.54, 1.807) is 6.08 Å². The number of likely N-dealkylation sites (N-methyl/N-ethyl adjacent to an activating group) is 1. The van der Waals surface area contributed by atoms with Gasteiger partial charge in [-0.1, -0.05) is 131 Å². The molecule has 0 spiro atoms. The predicted octanol–water partition coefficient (Wildman–Crippen LogP) is 9.99. The average Bonchev–Trinajstić information content (AvgIpc) is 3.09. The highest BCUT2D eigenvalue weighted by atomic mass is 31.2. The fourth-order valence-electron chi connectivity index (χ4n) is 5.00. The van der Waals surface area contributed by atoms with Crippen molar-refractivity contribution in [3.05, 3.63) is 85.1 Å². The fraction of sp³-hybridized carbons (Fsp3) is 0.651. The van der Waals surface area contributed by atoms with Gasteiger partial charge in [0.05, 0.1) is 39.9 Å². The number of phosphoric ester groups is 1. The van der Waals surface area contributed by atoms with E-state index in [-0.39, 0.29) is 12.5 Å². The van der Waals surface area contributed by atoms with Crippen LogP contribution in [0.15, 0.2) is 85.1 Å². The second-order valence-electron chi connectivity index (χ2n) is 14.2. The SMILES string of the molecule is C/C=C/CC/C=C/CC/C=C/C(O)C(COP(=O)([O-])OCC[N+](C)(C)C)NC(=O)CCCCCCCCCC/C=C\C/C=C\C/C=C\C/C=C\CC. The Kier molecular flexibility index (Phi) is 32.9. The van der Waals surface area contributed by atoms with E-state index in [4.69, 9.17) is 9.05 Å². The third-order valence-electron chi connectivity index (χ3n) is 8.16. The highest BCUT2D eigenvalue weighted by molar-refractivity contribution is 7.45. The van der Waals surface area contributed by atoms with Gasteiger partial charge in [0.2, 0.25) is 5.91 Å². The molecule has 9 heteroatoms. The van der Waals surface area contributed by atoms with Crippen LogP contribution in [0.4, 0.5) is 0 Å². The van der Waals surface area contributed by atoms with Gasteiger partial charge in [0.25, 0.3) is 7.82 Å². The molecule has 0 saturated heterocycles.